The minimum absolute atomic E-state index is 0.331. The van der Waals surface area contributed by atoms with Crippen molar-refractivity contribution in [3.8, 4) is 0 Å². The molecule has 0 spiro atoms. The average molecular weight is 336 g/mol. The van der Waals surface area contributed by atoms with Crippen LogP contribution in [0.3, 0.4) is 0 Å². The van der Waals surface area contributed by atoms with Gasteiger partial charge in [-0.05, 0) is 12.1 Å². The van der Waals surface area contributed by atoms with Crippen LogP contribution in [0.15, 0.2) is 30.3 Å². The van der Waals surface area contributed by atoms with Crippen LogP contribution in [-0.2, 0) is 4.79 Å². The highest BCUT2D eigenvalue weighted by Crippen LogP contribution is 2.46. The molecule has 0 unspecified atom stereocenters. The molecule has 0 heterocycles. The van der Waals surface area contributed by atoms with Crippen molar-refractivity contribution in [2.24, 2.45) is 0 Å². The van der Waals surface area contributed by atoms with E-state index in [1.165, 1.54) is 0 Å². The Morgan fingerprint density at radius 2 is 1.23 bits per heavy atom. The molecular formula is C11H7F7O4. The number of rotatable bonds is 3. The van der Waals surface area contributed by atoms with Gasteiger partial charge in [-0.15, -0.1) is 0 Å². The zero-order valence-corrected chi connectivity index (χ0v) is 10.2. The number of carboxylic acid groups (broad SMARTS) is 2. The molecule has 22 heavy (non-hydrogen) atoms. The summed E-state index contributed by atoms with van der Waals surface area (Å²) in [6, 6.07) is 8.30. The number of aliphatic carboxylic acids is 1. The number of alkyl halides is 7. The third kappa shape index (κ3) is 4.33. The third-order valence-electron chi connectivity index (χ3n) is 2.04. The van der Waals surface area contributed by atoms with Gasteiger partial charge in [0.25, 0.3) is 0 Å². The summed E-state index contributed by atoms with van der Waals surface area (Å²) >= 11 is 0. The lowest BCUT2D eigenvalue weighted by Crippen LogP contribution is -2.56. The van der Waals surface area contributed by atoms with Gasteiger partial charge in [0.1, 0.15) is 0 Å². The first-order valence-electron chi connectivity index (χ1n) is 5.09. The fourth-order valence-electron chi connectivity index (χ4n) is 0.893. The molecule has 1 aromatic carbocycles. The second-order valence-electron chi connectivity index (χ2n) is 3.62. The molecule has 124 valence electrons. The van der Waals surface area contributed by atoms with Gasteiger partial charge in [0.2, 0.25) is 0 Å². The quantitative estimate of drug-likeness (QED) is 0.831. The smallest absolute Gasteiger partial charge is 0.460 e. The first kappa shape index (κ1) is 19.7. The van der Waals surface area contributed by atoms with Crippen molar-refractivity contribution in [1.82, 2.24) is 0 Å². The third-order valence-corrected chi connectivity index (χ3v) is 2.04. The Balaban J connectivity index is 0.000000425. The van der Waals surface area contributed by atoms with Crippen LogP contribution in [0.2, 0.25) is 0 Å². The number of benzene rings is 1. The number of aromatic carboxylic acids is 1. The molecule has 0 atom stereocenters. The summed E-state index contributed by atoms with van der Waals surface area (Å²) in [6.07, 6.45) is -6.60. The Labute approximate surface area is 117 Å². The van der Waals surface area contributed by atoms with Crippen LogP contribution in [0.25, 0.3) is 0 Å². The highest BCUT2D eigenvalue weighted by atomic mass is 19.4. The molecule has 0 saturated carbocycles. The summed E-state index contributed by atoms with van der Waals surface area (Å²) < 4.78 is 80.5. The lowest BCUT2D eigenvalue weighted by Gasteiger charge is -2.24. The average Bonchev–Trinajstić information content (AvgIpc) is 2.38. The summed E-state index contributed by atoms with van der Waals surface area (Å²) in [5.74, 6) is -17.2. The molecule has 0 bridgehead atoms. The Morgan fingerprint density at radius 1 is 0.818 bits per heavy atom. The van der Waals surface area contributed by atoms with Crippen molar-refractivity contribution >= 4 is 11.9 Å². The fourth-order valence-corrected chi connectivity index (χ4v) is 0.893. The molecule has 2 N–H and O–H groups in total. The summed E-state index contributed by atoms with van der Waals surface area (Å²) in [7, 11) is 0. The molecule has 0 aromatic heterocycles. The summed E-state index contributed by atoms with van der Waals surface area (Å²) in [5.41, 5.74) is 0.331. The van der Waals surface area contributed by atoms with Crippen molar-refractivity contribution in [2.45, 2.75) is 18.0 Å². The Bertz CT molecular complexity index is 525. The maximum atomic E-state index is 11.8. The summed E-state index contributed by atoms with van der Waals surface area (Å²) in [6.45, 7) is 0. The Hall–Kier alpha value is -2.33. The van der Waals surface area contributed by atoms with Gasteiger partial charge in [-0.3, -0.25) is 0 Å². The molecule has 1 aromatic rings. The van der Waals surface area contributed by atoms with E-state index in [0.717, 1.165) is 0 Å². The van der Waals surface area contributed by atoms with Crippen molar-refractivity contribution < 1.29 is 50.5 Å². The molecule has 0 radical (unpaired) electrons. The van der Waals surface area contributed by atoms with Crippen LogP contribution in [0.5, 0.6) is 0 Å². The SMILES string of the molecule is O=C(O)C(F)(F)C(F)(F)C(F)(F)F.O=C(O)c1ccccc1. The second kappa shape index (κ2) is 6.62. The minimum atomic E-state index is -6.60. The number of carbonyl (C=O) groups is 2. The van der Waals surface area contributed by atoms with E-state index in [2.05, 4.69) is 0 Å². The lowest BCUT2D eigenvalue weighted by atomic mass is 10.1. The maximum absolute atomic E-state index is 11.8. The van der Waals surface area contributed by atoms with Crippen LogP contribution in [0.1, 0.15) is 10.4 Å². The molecule has 0 aliphatic rings. The van der Waals surface area contributed by atoms with E-state index >= 15 is 0 Å². The summed E-state index contributed by atoms with van der Waals surface area (Å²) in [5, 5.41) is 15.8. The minimum Gasteiger partial charge on any atom is -0.478 e. The van der Waals surface area contributed by atoms with Crippen LogP contribution in [-0.4, -0.2) is 40.2 Å². The van der Waals surface area contributed by atoms with Gasteiger partial charge in [-0.1, -0.05) is 18.2 Å². The maximum Gasteiger partial charge on any atom is 0.460 e. The van der Waals surface area contributed by atoms with Crippen molar-refractivity contribution in [1.29, 1.82) is 0 Å². The van der Waals surface area contributed by atoms with E-state index in [0.29, 0.717) is 5.56 Å². The van der Waals surface area contributed by atoms with E-state index in [1.807, 2.05) is 0 Å². The Morgan fingerprint density at radius 3 is 1.41 bits per heavy atom. The molecule has 1 rings (SSSR count). The normalized spacial score (nSPS) is 12.1. The molecule has 11 heteroatoms. The van der Waals surface area contributed by atoms with E-state index in [4.69, 9.17) is 10.2 Å². The Kier molecular flexibility index (Phi) is 5.92. The van der Waals surface area contributed by atoms with Crippen molar-refractivity contribution in [3.63, 3.8) is 0 Å². The number of halogens is 7. The van der Waals surface area contributed by atoms with Gasteiger partial charge in [-0.2, -0.15) is 30.7 Å². The van der Waals surface area contributed by atoms with Crippen LogP contribution in [0.4, 0.5) is 30.7 Å². The highest BCUT2D eigenvalue weighted by Gasteiger charge is 2.76. The highest BCUT2D eigenvalue weighted by molar-refractivity contribution is 5.87. The van der Waals surface area contributed by atoms with E-state index in [9.17, 15) is 40.3 Å². The van der Waals surface area contributed by atoms with E-state index in [1.54, 1.807) is 30.3 Å². The van der Waals surface area contributed by atoms with Crippen molar-refractivity contribution in [3.05, 3.63) is 35.9 Å². The van der Waals surface area contributed by atoms with Gasteiger partial charge >= 0.3 is 30.0 Å². The van der Waals surface area contributed by atoms with Crippen LogP contribution >= 0.6 is 0 Å². The van der Waals surface area contributed by atoms with E-state index in [-0.39, 0.29) is 0 Å². The fraction of sp³-hybridized carbons (Fsp3) is 0.273. The van der Waals surface area contributed by atoms with Gasteiger partial charge in [-0.25, -0.2) is 9.59 Å². The van der Waals surface area contributed by atoms with Crippen LogP contribution in [0, 0.1) is 0 Å². The van der Waals surface area contributed by atoms with Gasteiger partial charge in [0.15, 0.2) is 0 Å². The topological polar surface area (TPSA) is 74.6 Å². The second-order valence-corrected chi connectivity index (χ2v) is 3.62. The standard InChI is InChI=1S/C7H6O2.C4HF7O2/c8-7(9)6-4-2-1-3-5-6;5-2(6,1(12)13)3(7,8)4(9,10)11/h1-5H,(H,8,9);(H,12,13). The van der Waals surface area contributed by atoms with Gasteiger partial charge < -0.3 is 10.2 Å². The monoisotopic (exact) mass is 336 g/mol. The largest absolute Gasteiger partial charge is 0.478 e. The number of hydrogen-bond donors (Lipinski definition) is 2. The van der Waals surface area contributed by atoms with Gasteiger partial charge in [0.05, 0.1) is 5.56 Å². The zero-order valence-electron chi connectivity index (χ0n) is 10.2. The van der Waals surface area contributed by atoms with Crippen LogP contribution < -0.4 is 0 Å². The molecule has 0 aliphatic carbocycles. The molecular weight excluding hydrogens is 329 g/mol. The number of carboxylic acids is 2. The molecule has 0 amide bonds. The first-order valence-corrected chi connectivity index (χ1v) is 5.09. The van der Waals surface area contributed by atoms with Gasteiger partial charge in [0, 0.05) is 0 Å². The first-order chi connectivity index (χ1) is 9.75. The molecule has 0 aliphatic heterocycles. The lowest BCUT2D eigenvalue weighted by molar-refractivity contribution is -0.347. The predicted octanol–water partition coefficient (Wildman–Crippen LogP) is 3.29. The number of hydrogen-bond acceptors (Lipinski definition) is 2. The van der Waals surface area contributed by atoms with Crippen molar-refractivity contribution in [2.75, 3.05) is 0 Å². The molecule has 0 saturated heterocycles. The zero-order chi connectivity index (χ0) is 17.8. The van der Waals surface area contributed by atoms with E-state index < -0.39 is 30.0 Å². The summed E-state index contributed by atoms with van der Waals surface area (Å²) in [4.78, 5) is 19.6. The molecule has 4 nitrogen and oxygen atoms in total. The predicted molar refractivity (Wildman–Crippen MR) is 57.0 cm³/mol. The molecule has 0 fully saturated rings.